The highest BCUT2D eigenvalue weighted by molar-refractivity contribution is 6.22. The quantitative estimate of drug-likeness (QED) is 0.233. The van der Waals surface area contributed by atoms with Crippen molar-refractivity contribution >= 4 is 27.6 Å². The molecule has 1 heterocycles. The molecule has 1 nitrogen and oxygen atoms in total. The molecule has 0 saturated carbocycles. The minimum Gasteiger partial charge on any atom is -0.256 e. The normalized spacial score (nSPS) is 14.7. The Balaban J connectivity index is 1.61. The maximum absolute atomic E-state index is 5.00. The molecule has 0 amide bonds. The zero-order chi connectivity index (χ0) is 24.8. The highest BCUT2D eigenvalue weighted by Crippen LogP contribution is 2.46. The maximum Gasteiger partial charge on any atom is 0.0789 e. The number of hydrogen-bond donors (Lipinski definition) is 0. The largest absolute Gasteiger partial charge is 0.256 e. The van der Waals surface area contributed by atoms with Gasteiger partial charge < -0.3 is 0 Å². The lowest BCUT2D eigenvalue weighted by molar-refractivity contribution is 0.716. The Labute approximate surface area is 217 Å². The van der Waals surface area contributed by atoms with E-state index in [1.54, 1.807) is 0 Å². The average Bonchev–Trinajstić information content (AvgIpc) is 2.96. The van der Waals surface area contributed by atoms with Crippen LogP contribution in [0.25, 0.3) is 61.1 Å². The summed E-state index contributed by atoms with van der Waals surface area (Å²) < 4.78 is 0. The second-order valence-electron chi connectivity index (χ2n) is 10.0. The number of allylic oxidation sites excluding steroid dienone is 1. The summed E-state index contributed by atoms with van der Waals surface area (Å²) in [6.07, 6.45) is 7.65. The first-order valence-corrected chi connectivity index (χ1v) is 13.0. The summed E-state index contributed by atoms with van der Waals surface area (Å²) in [6.45, 7) is 2.28. The topological polar surface area (TPSA) is 12.9 Å². The van der Waals surface area contributed by atoms with Crippen LogP contribution in [0.4, 0.5) is 0 Å². The molecule has 0 fully saturated rings. The first-order valence-electron chi connectivity index (χ1n) is 13.0. The highest BCUT2D eigenvalue weighted by Gasteiger charge is 2.22. The molecule has 1 unspecified atom stereocenters. The zero-order valence-corrected chi connectivity index (χ0v) is 20.9. The molecule has 0 N–H and O–H groups in total. The lowest BCUT2D eigenvalue weighted by Crippen LogP contribution is -2.06. The van der Waals surface area contributed by atoms with Gasteiger partial charge >= 0.3 is 0 Å². The third-order valence-electron chi connectivity index (χ3n) is 7.66. The van der Waals surface area contributed by atoms with Gasteiger partial charge in [0.05, 0.1) is 5.69 Å². The van der Waals surface area contributed by atoms with Crippen molar-refractivity contribution in [2.24, 2.45) is 5.92 Å². The summed E-state index contributed by atoms with van der Waals surface area (Å²) in [4.78, 5) is 5.00. The Morgan fingerprint density at radius 2 is 1.16 bits per heavy atom. The first-order chi connectivity index (χ1) is 18.3. The van der Waals surface area contributed by atoms with Crippen molar-refractivity contribution in [3.05, 3.63) is 133 Å². The van der Waals surface area contributed by atoms with Gasteiger partial charge in [0.1, 0.15) is 0 Å². The fourth-order valence-corrected chi connectivity index (χ4v) is 6.00. The summed E-state index contributed by atoms with van der Waals surface area (Å²) >= 11 is 0. The number of benzene rings is 5. The Hall–Kier alpha value is -4.49. The van der Waals surface area contributed by atoms with Gasteiger partial charge in [0.25, 0.3) is 0 Å². The number of rotatable bonds is 3. The number of nitrogens with zero attached hydrogens (tertiary/aromatic N) is 1. The van der Waals surface area contributed by atoms with Crippen molar-refractivity contribution in [1.29, 1.82) is 0 Å². The van der Waals surface area contributed by atoms with E-state index in [-0.39, 0.29) is 0 Å². The zero-order valence-electron chi connectivity index (χ0n) is 20.9. The molecule has 1 aromatic heterocycles. The van der Waals surface area contributed by atoms with Crippen LogP contribution in [0.3, 0.4) is 0 Å². The lowest BCUT2D eigenvalue weighted by Gasteiger charge is -2.22. The maximum atomic E-state index is 5.00. The number of hydrogen-bond acceptors (Lipinski definition) is 1. The van der Waals surface area contributed by atoms with E-state index in [0.717, 1.165) is 12.1 Å². The third kappa shape index (κ3) is 3.58. The minimum absolute atomic E-state index is 0.549. The van der Waals surface area contributed by atoms with Crippen LogP contribution in [0.15, 0.2) is 121 Å². The van der Waals surface area contributed by atoms with E-state index < -0.39 is 0 Å². The molecule has 5 aromatic carbocycles. The summed E-state index contributed by atoms with van der Waals surface area (Å²) in [6, 6.07) is 39.4. The predicted octanol–water partition coefficient (Wildman–Crippen LogP) is 9.59. The van der Waals surface area contributed by atoms with Gasteiger partial charge in [-0.2, -0.15) is 0 Å². The van der Waals surface area contributed by atoms with Gasteiger partial charge in [-0.3, -0.25) is 4.98 Å². The first kappa shape index (κ1) is 21.8. The van der Waals surface area contributed by atoms with Crippen LogP contribution < -0.4 is 0 Å². The van der Waals surface area contributed by atoms with Gasteiger partial charge in [-0.05, 0) is 67.8 Å². The van der Waals surface area contributed by atoms with Gasteiger partial charge in [-0.25, -0.2) is 0 Å². The molecule has 1 atom stereocenters. The number of pyridine rings is 1. The van der Waals surface area contributed by atoms with E-state index in [4.69, 9.17) is 4.98 Å². The Bertz CT molecular complexity index is 1750. The van der Waals surface area contributed by atoms with Crippen molar-refractivity contribution in [2.45, 2.75) is 13.3 Å². The molecule has 7 rings (SSSR count). The molecule has 6 aromatic rings. The summed E-state index contributed by atoms with van der Waals surface area (Å²) in [7, 11) is 0. The second-order valence-corrected chi connectivity index (χ2v) is 10.0. The molecule has 0 aliphatic heterocycles. The van der Waals surface area contributed by atoms with Crippen molar-refractivity contribution in [3.8, 4) is 33.5 Å². The van der Waals surface area contributed by atoms with Crippen LogP contribution in [0.2, 0.25) is 0 Å². The highest BCUT2D eigenvalue weighted by atomic mass is 14.7. The van der Waals surface area contributed by atoms with Crippen LogP contribution in [0.1, 0.15) is 18.1 Å². The Morgan fingerprint density at radius 1 is 0.595 bits per heavy atom. The molecule has 0 radical (unpaired) electrons. The molecule has 0 bridgehead atoms. The molecular formula is C36H27N. The van der Waals surface area contributed by atoms with E-state index in [1.807, 2.05) is 6.20 Å². The van der Waals surface area contributed by atoms with E-state index in [1.165, 1.54) is 60.5 Å². The summed E-state index contributed by atoms with van der Waals surface area (Å²) in [5.41, 5.74) is 9.96. The molecule has 1 aliphatic rings. The van der Waals surface area contributed by atoms with E-state index in [0.29, 0.717) is 5.92 Å². The third-order valence-corrected chi connectivity index (χ3v) is 7.66. The van der Waals surface area contributed by atoms with Crippen LogP contribution in [0.5, 0.6) is 0 Å². The molecule has 1 heteroatoms. The molecule has 176 valence electrons. The van der Waals surface area contributed by atoms with Crippen LogP contribution in [0, 0.1) is 5.92 Å². The molecule has 0 saturated heterocycles. The monoisotopic (exact) mass is 473 g/mol. The lowest BCUT2D eigenvalue weighted by atomic mass is 9.82. The van der Waals surface area contributed by atoms with E-state index in [2.05, 4.69) is 128 Å². The Morgan fingerprint density at radius 3 is 1.84 bits per heavy atom. The smallest absolute Gasteiger partial charge is 0.0789 e. The van der Waals surface area contributed by atoms with Gasteiger partial charge in [-0.1, -0.05) is 122 Å². The van der Waals surface area contributed by atoms with E-state index in [9.17, 15) is 0 Å². The van der Waals surface area contributed by atoms with Crippen LogP contribution >= 0.6 is 0 Å². The minimum atomic E-state index is 0.549. The number of aromatic nitrogens is 1. The fraction of sp³-hybridized carbons (Fsp3) is 0.0833. The second kappa shape index (κ2) is 8.87. The summed E-state index contributed by atoms with van der Waals surface area (Å²) in [5.74, 6) is 0.549. The van der Waals surface area contributed by atoms with Gasteiger partial charge in [0, 0.05) is 17.3 Å². The van der Waals surface area contributed by atoms with Crippen molar-refractivity contribution in [3.63, 3.8) is 0 Å². The molecule has 37 heavy (non-hydrogen) atoms. The van der Waals surface area contributed by atoms with Crippen molar-refractivity contribution in [1.82, 2.24) is 4.98 Å². The van der Waals surface area contributed by atoms with Crippen LogP contribution in [-0.2, 0) is 6.42 Å². The van der Waals surface area contributed by atoms with Gasteiger partial charge in [-0.15, -0.1) is 0 Å². The van der Waals surface area contributed by atoms with Crippen molar-refractivity contribution in [2.75, 3.05) is 0 Å². The predicted molar refractivity (Wildman–Crippen MR) is 157 cm³/mol. The fourth-order valence-electron chi connectivity index (χ4n) is 6.00. The number of fused-ring (bicyclic) bond motifs is 3. The van der Waals surface area contributed by atoms with Crippen LogP contribution in [-0.4, -0.2) is 4.98 Å². The molecular weight excluding hydrogens is 446 g/mol. The van der Waals surface area contributed by atoms with Crippen molar-refractivity contribution < 1.29 is 0 Å². The average molecular weight is 474 g/mol. The molecule has 1 aliphatic carbocycles. The van der Waals surface area contributed by atoms with E-state index >= 15 is 0 Å². The van der Waals surface area contributed by atoms with Gasteiger partial charge in [0.2, 0.25) is 0 Å². The Kier molecular flexibility index (Phi) is 5.22. The van der Waals surface area contributed by atoms with Gasteiger partial charge in [0.15, 0.2) is 0 Å². The standard InChI is InChI=1S/C36H27N/c1-24-19-20-28-26(23-24)21-22-37-36(28)35-32-17-9-7-15-30(32)34(31-16-8-10-18-33(31)35)29-14-6-5-13-27(29)25-11-3-2-4-12-25/h2-22,24H,23H2,1H3. The molecule has 0 spiro atoms. The summed E-state index contributed by atoms with van der Waals surface area (Å²) in [5, 5.41) is 5.00. The SMILES string of the molecule is CC1C=Cc2c(ccnc2-c2c3ccccc3c(-c3ccccc3-c3ccccc3)c3ccccc23)C1.